The molecule has 0 heterocycles. The van der Waals surface area contributed by atoms with E-state index in [1.54, 1.807) is 6.07 Å². The van der Waals surface area contributed by atoms with Crippen LogP contribution in [-0.4, -0.2) is 10.9 Å². The molecule has 152 valence electrons. The van der Waals surface area contributed by atoms with E-state index in [2.05, 4.69) is 24.3 Å². The Morgan fingerprint density at radius 2 is 1.69 bits per heavy atom. The molecule has 2 aromatic carbocycles. The van der Waals surface area contributed by atoms with Crippen molar-refractivity contribution in [3.8, 4) is 5.75 Å². The zero-order valence-electron chi connectivity index (χ0n) is 18.3. The van der Waals surface area contributed by atoms with Crippen LogP contribution in [0.25, 0.3) is 0 Å². The van der Waals surface area contributed by atoms with Crippen molar-refractivity contribution in [2.45, 2.75) is 65.7 Å². The van der Waals surface area contributed by atoms with Crippen molar-refractivity contribution in [2.75, 3.05) is 0 Å². The summed E-state index contributed by atoms with van der Waals surface area (Å²) in [6.07, 6.45) is 7.84. The number of aromatic hydroxyl groups is 1. The van der Waals surface area contributed by atoms with Gasteiger partial charge < -0.3 is 5.11 Å². The molecule has 0 aromatic heterocycles. The van der Waals surface area contributed by atoms with Gasteiger partial charge in [0, 0.05) is 17.4 Å². The van der Waals surface area contributed by atoms with E-state index in [0.717, 1.165) is 41.5 Å². The van der Waals surface area contributed by atoms with Crippen LogP contribution in [-0.2, 0) is 11.8 Å². The Labute approximate surface area is 175 Å². The van der Waals surface area contributed by atoms with Crippen molar-refractivity contribution in [3.63, 3.8) is 0 Å². The first-order valence-electron chi connectivity index (χ1n) is 11.0. The third-order valence-corrected chi connectivity index (χ3v) is 6.07. The summed E-state index contributed by atoms with van der Waals surface area (Å²) < 4.78 is 0. The predicted molar refractivity (Wildman–Crippen MR) is 121 cm³/mol. The molecule has 3 aliphatic carbocycles. The van der Waals surface area contributed by atoms with Crippen molar-refractivity contribution in [1.82, 2.24) is 0 Å². The van der Waals surface area contributed by atoms with Crippen LogP contribution in [0.15, 0.2) is 59.7 Å². The highest BCUT2D eigenvalue weighted by molar-refractivity contribution is 6.04. The smallest absolute Gasteiger partial charge is 0.164 e. The number of hydrogen-bond acceptors (Lipinski definition) is 2. The van der Waals surface area contributed by atoms with Gasteiger partial charge in [-0.2, -0.15) is 0 Å². The summed E-state index contributed by atoms with van der Waals surface area (Å²) in [7, 11) is 0. The Balaban J connectivity index is 0.000000568. The third kappa shape index (κ3) is 3.25. The second-order valence-corrected chi connectivity index (χ2v) is 7.52. The minimum atomic E-state index is -0.346. The number of fused-ring (bicyclic) bond motifs is 5. The predicted octanol–water partition coefficient (Wildman–Crippen LogP) is 6.83. The molecule has 0 aliphatic heterocycles. The van der Waals surface area contributed by atoms with Gasteiger partial charge in [-0.25, -0.2) is 0 Å². The molecular weight excluding hydrogens is 356 g/mol. The molecule has 2 nitrogen and oxygen atoms in total. The van der Waals surface area contributed by atoms with Crippen LogP contribution >= 0.6 is 0 Å². The third-order valence-electron chi connectivity index (χ3n) is 6.07. The molecule has 0 radical (unpaired) electrons. The summed E-state index contributed by atoms with van der Waals surface area (Å²) in [5.41, 5.74) is 7.89. The van der Waals surface area contributed by atoms with Crippen molar-refractivity contribution in [3.05, 3.63) is 87.5 Å². The molecule has 2 heteroatoms. The van der Waals surface area contributed by atoms with E-state index < -0.39 is 0 Å². The number of benzene rings is 2. The summed E-state index contributed by atoms with van der Waals surface area (Å²) in [4.78, 5) is 13.0. The SMILES string of the molecule is CC.CC.Cc1ccc2c(c1)C(=O)CC21C2=C(C=CCC2)Cc2cc(O)ccc21. The van der Waals surface area contributed by atoms with E-state index in [1.165, 1.54) is 16.7 Å². The van der Waals surface area contributed by atoms with Gasteiger partial charge >= 0.3 is 0 Å². The summed E-state index contributed by atoms with van der Waals surface area (Å²) in [6, 6.07) is 12.0. The van der Waals surface area contributed by atoms with E-state index in [1.807, 2.05) is 52.8 Å². The summed E-state index contributed by atoms with van der Waals surface area (Å²) >= 11 is 0. The maximum Gasteiger partial charge on any atom is 0.164 e. The lowest BCUT2D eigenvalue weighted by Gasteiger charge is -2.41. The fraction of sp³-hybridized carbons (Fsp3) is 0.370. The van der Waals surface area contributed by atoms with Crippen molar-refractivity contribution in [1.29, 1.82) is 0 Å². The second kappa shape index (κ2) is 8.41. The van der Waals surface area contributed by atoms with E-state index >= 15 is 0 Å². The number of phenols is 1. The molecule has 1 unspecified atom stereocenters. The number of hydrogen-bond donors (Lipinski definition) is 1. The largest absolute Gasteiger partial charge is 0.508 e. The minimum absolute atomic E-state index is 0.237. The number of carbonyl (C=O) groups is 1. The average Bonchev–Trinajstić information content (AvgIpc) is 3.03. The minimum Gasteiger partial charge on any atom is -0.508 e. The Hall–Kier alpha value is -2.61. The van der Waals surface area contributed by atoms with Crippen LogP contribution in [0.4, 0.5) is 0 Å². The lowest BCUT2D eigenvalue weighted by molar-refractivity contribution is 0.0983. The van der Waals surface area contributed by atoms with Gasteiger partial charge in [0.25, 0.3) is 0 Å². The van der Waals surface area contributed by atoms with Gasteiger partial charge in [-0.3, -0.25) is 4.79 Å². The highest BCUT2D eigenvalue weighted by Crippen LogP contribution is 2.56. The maximum absolute atomic E-state index is 13.0. The van der Waals surface area contributed by atoms with Crippen LogP contribution in [0.1, 0.15) is 79.6 Å². The molecule has 1 spiro atoms. The average molecular weight is 389 g/mol. The Bertz CT molecular complexity index is 994. The molecule has 1 atom stereocenters. The molecule has 0 amide bonds. The first-order valence-corrected chi connectivity index (χ1v) is 11.0. The monoisotopic (exact) mass is 388 g/mol. The molecule has 0 bridgehead atoms. The van der Waals surface area contributed by atoms with Crippen molar-refractivity contribution in [2.24, 2.45) is 0 Å². The zero-order chi connectivity index (χ0) is 21.2. The second-order valence-electron chi connectivity index (χ2n) is 7.52. The molecular formula is C27H32O2. The van der Waals surface area contributed by atoms with Crippen molar-refractivity contribution >= 4 is 5.78 Å². The zero-order valence-corrected chi connectivity index (χ0v) is 18.3. The summed E-state index contributed by atoms with van der Waals surface area (Å²) in [5, 5.41) is 10.00. The molecule has 3 aliphatic rings. The van der Waals surface area contributed by atoms with E-state index in [9.17, 15) is 9.90 Å². The highest BCUT2D eigenvalue weighted by Gasteiger charge is 2.50. The van der Waals surface area contributed by atoms with Gasteiger partial charge in [0.2, 0.25) is 0 Å². The van der Waals surface area contributed by atoms with Crippen LogP contribution in [0.3, 0.4) is 0 Å². The molecule has 5 rings (SSSR count). The first kappa shape index (κ1) is 21.1. The number of phenolic OH excluding ortho intramolecular Hbond substituents is 1. The normalized spacial score (nSPS) is 20.8. The standard InChI is InChI=1S/C23H20O2.2C2H6/c1-14-6-8-21-18(10-14)22(25)13-23(21)19-5-3-2-4-15(19)11-16-12-17(24)7-9-20(16)23;2*1-2/h2,4,6-10,12,24H,3,5,11,13H2,1H3;2*1-2H3. The molecule has 0 saturated heterocycles. The van der Waals surface area contributed by atoms with Crippen LogP contribution in [0.5, 0.6) is 5.75 Å². The first-order chi connectivity index (χ1) is 14.1. The molecule has 29 heavy (non-hydrogen) atoms. The Morgan fingerprint density at radius 1 is 0.966 bits per heavy atom. The fourth-order valence-electron chi connectivity index (χ4n) is 5.08. The topological polar surface area (TPSA) is 37.3 Å². The molecule has 1 N–H and O–H groups in total. The van der Waals surface area contributed by atoms with Gasteiger partial charge in [-0.1, -0.05) is 69.2 Å². The van der Waals surface area contributed by atoms with E-state index in [-0.39, 0.29) is 11.2 Å². The number of rotatable bonds is 0. The van der Waals surface area contributed by atoms with Crippen LogP contribution in [0.2, 0.25) is 0 Å². The lowest BCUT2D eigenvalue weighted by atomic mass is 9.61. The van der Waals surface area contributed by atoms with E-state index in [0.29, 0.717) is 12.2 Å². The number of carbonyl (C=O) groups excluding carboxylic acids is 1. The van der Waals surface area contributed by atoms with Gasteiger partial charge in [0.1, 0.15) is 5.75 Å². The van der Waals surface area contributed by atoms with Crippen LogP contribution < -0.4 is 0 Å². The van der Waals surface area contributed by atoms with Gasteiger partial charge in [0.05, 0.1) is 0 Å². The quantitative estimate of drug-likeness (QED) is 0.537. The van der Waals surface area contributed by atoms with Gasteiger partial charge in [0.15, 0.2) is 5.78 Å². The van der Waals surface area contributed by atoms with Crippen molar-refractivity contribution < 1.29 is 9.90 Å². The van der Waals surface area contributed by atoms with Crippen LogP contribution in [0, 0.1) is 6.92 Å². The lowest BCUT2D eigenvalue weighted by Crippen LogP contribution is -2.34. The summed E-state index contributed by atoms with van der Waals surface area (Å²) in [6.45, 7) is 10.0. The maximum atomic E-state index is 13.0. The molecule has 0 fully saturated rings. The molecule has 0 saturated carbocycles. The number of Topliss-reactive ketones (excluding diaryl/α,β-unsaturated/α-hetero) is 1. The Morgan fingerprint density at radius 3 is 2.45 bits per heavy atom. The number of ketones is 1. The van der Waals surface area contributed by atoms with Gasteiger partial charge in [-0.05, 0) is 66.6 Å². The summed E-state index contributed by atoms with van der Waals surface area (Å²) in [5.74, 6) is 0.534. The molecule has 2 aromatic rings. The number of aryl methyl sites for hydroxylation is 1. The number of allylic oxidation sites excluding steroid dienone is 4. The Kier molecular flexibility index (Phi) is 6.12. The highest BCUT2D eigenvalue weighted by atomic mass is 16.3. The fourth-order valence-corrected chi connectivity index (χ4v) is 5.08. The van der Waals surface area contributed by atoms with Gasteiger partial charge in [-0.15, -0.1) is 0 Å². The van der Waals surface area contributed by atoms with E-state index in [4.69, 9.17) is 0 Å².